The highest BCUT2D eigenvalue weighted by atomic mass is 32.2. The maximum Gasteiger partial charge on any atom is 0.193 e. The van der Waals surface area contributed by atoms with Crippen LogP contribution in [0, 0.1) is 0 Å². The zero-order valence-corrected chi connectivity index (χ0v) is 12.0. The summed E-state index contributed by atoms with van der Waals surface area (Å²) >= 11 is 3.35. The molecular formula is C15H14OS2. The number of carbonyl (C=O) groups excluding carboxylic acids is 1. The van der Waals surface area contributed by atoms with Crippen LogP contribution in [0.3, 0.4) is 0 Å². The van der Waals surface area contributed by atoms with Gasteiger partial charge in [0.2, 0.25) is 0 Å². The number of thioether (sulfide) groups is 2. The molecule has 0 aliphatic heterocycles. The third kappa shape index (κ3) is 2.98. The van der Waals surface area contributed by atoms with Gasteiger partial charge >= 0.3 is 0 Å². The van der Waals surface area contributed by atoms with Gasteiger partial charge in [0.25, 0.3) is 0 Å². The van der Waals surface area contributed by atoms with Crippen LogP contribution >= 0.6 is 23.5 Å². The fourth-order valence-corrected chi connectivity index (χ4v) is 2.47. The Kier molecular flexibility index (Phi) is 4.50. The summed E-state index contributed by atoms with van der Waals surface area (Å²) in [5, 5.41) is 0. The molecule has 0 spiro atoms. The molecule has 0 aliphatic carbocycles. The van der Waals surface area contributed by atoms with Crippen LogP contribution in [0.4, 0.5) is 0 Å². The molecule has 0 aromatic heterocycles. The summed E-state index contributed by atoms with van der Waals surface area (Å²) in [4.78, 5) is 14.6. The number of hydrogen-bond acceptors (Lipinski definition) is 3. The molecule has 0 N–H and O–H groups in total. The second-order valence-corrected chi connectivity index (χ2v) is 5.55. The molecule has 0 fully saturated rings. The van der Waals surface area contributed by atoms with Gasteiger partial charge in [0.15, 0.2) is 5.78 Å². The minimum Gasteiger partial charge on any atom is -0.289 e. The quantitative estimate of drug-likeness (QED) is 0.609. The predicted molar refractivity (Wildman–Crippen MR) is 79.9 cm³/mol. The first-order valence-electron chi connectivity index (χ1n) is 5.57. The highest BCUT2D eigenvalue weighted by Crippen LogP contribution is 2.19. The topological polar surface area (TPSA) is 17.1 Å². The zero-order valence-electron chi connectivity index (χ0n) is 10.3. The van der Waals surface area contributed by atoms with Crippen LogP contribution in [0.5, 0.6) is 0 Å². The molecule has 0 atom stereocenters. The molecule has 0 radical (unpaired) electrons. The van der Waals surface area contributed by atoms with E-state index in [4.69, 9.17) is 0 Å². The van der Waals surface area contributed by atoms with Gasteiger partial charge in [0.05, 0.1) is 0 Å². The van der Waals surface area contributed by atoms with E-state index in [0.717, 1.165) is 11.1 Å². The summed E-state index contributed by atoms with van der Waals surface area (Å²) in [6.45, 7) is 0. The van der Waals surface area contributed by atoms with Crippen molar-refractivity contribution in [3.8, 4) is 0 Å². The first-order valence-corrected chi connectivity index (χ1v) is 8.02. The molecule has 0 saturated carbocycles. The summed E-state index contributed by atoms with van der Waals surface area (Å²) in [5.74, 6) is 0.0790. The molecule has 2 aromatic carbocycles. The molecule has 92 valence electrons. The van der Waals surface area contributed by atoms with Crippen LogP contribution in [0.15, 0.2) is 58.3 Å². The Labute approximate surface area is 116 Å². The molecule has 0 amide bonds. The van der Waals surface area contributed by atoms with Crippen molar-refractivity contribution < 1.29 is 4.79 Å². The van der Waals surface area contributed by atoms with E-state index in [9.17, 15) is 4.79 Å². The monoisotopic (exact) mass is 274 g/mol. The lowest BCUT2D eigenvalue weighted by molar-refractivity contribution is 0.103. The van der Waals surface area contributed by atoms with E-state index < -0.39 is 0 Å². The molecule has 1 nitrogen and oxygen atoms in total. The third-order valence-corrected chi connectivity index (χ3v) is 4.19. The smallest absolute Gasteiger partial charge is 0.193 e. The fourth-order valence-electron chi connectivity index (χ4n) is 1.65. The molecule has 0 heterocycles. The molecular weight excluding hydrogens is 260 g/mol. The van der Waals surface area contributed by atoms with E-state index in [1.54, 1.807) is 23.5 Å². The minimum atomic E-state index is 0.0790. The van der Waals surface area contributed by atoms with Gasteiger partial charge in [-0.3, -0.25) is 4.79 Å². The van der Waals surface area contributed by atoms with Crippen molar-refractivity contribution in [3.05, 3.63) is 59.7 Å². The lowest BCUT2D eigenvalue weighted by atomic mass is 10.0. The molecule has 3 heteroatoms. The number of ketones is 1. The summed E-state index contributed by atoms with van der Waals surface area (Å²) in [6, 6.07) is 15.5. The lowest BCUT2D eigenvalue weighted by Gasteiger charge is -2.03. The van der Waals surface area contributed by atoms with Gasteiger partial charge in [-0.05, 0) is 61.0 Å². The van der Waals surface area contributed by atoms with Crippen molar-refractivity contribution in [3.63, 3.8) is 0 Å². The van der Waals surface area contributed by atoms with E-state index >= 15 is 0 Å². The fraction of sp³-hybridized carbons (Fsp3) is 0.133. The van der Waals surface area contributed by atoms with Crippen LogP contribution in [0.25, 0.3) is 0 Å². The Morgan fingerprint density at radius 3 is 1.33 bits per heavy atom. The van der Waals surface area contributed by atoms with Crippen molar-refractivity contribution in [1.29, 1.82) is 0 Å². The van der Waals surface area contributed by atoms with Crippen LogP contribution in [-0.4, -0.2) is 18.3 Å². The van der Waals surface area contributed by atoms with E-state index in [2.05, 4.69) is 0 Å². The highest BCUT2D eigenvalue weighted by molar-refractivity contribution is 7.98. The molecule has 0 saturated heterocycles. The van der Waals surface area contributed by atoms with E-state index in [1.165, 1.54) is 9.79 Å². The molecule has 0 aliphatic rings. The van der Waals surface area contributed by atoms with Crippen molar-refractivity contribution >= 4 is 29.3 Å². The van der Waals surface area contributed by atoms with E-state index in [-0.39, 0.29) is 5.78 Å². The van der Waals surface area contributed by atoms with E-state index in [1.807, 2.05) is 61.0 Å². The van der Waals surface area contributed by atoms with Crippen LogP contribution in [0.2, 0.25) is 0 Å². The van der Waals surface area contributed by atoms with Crippen LogP contribution < -0.4 is 0 Å². The highest BCUT2D eigenvalue weighted by Gasteiger charge is 2.08. The second-order valence-electron chi connectivity index (χ2n) is 3.79. The van der Waals surface area contributed by atoms with Gasteiger partial charge in [0.1, 0.15) is 0 Å². The maximum absolute atomic E-state index is 12.2. The summed E-state index contributed by atoms with van der Waals surface area (Å²) in [7, 11) is 0. The standard InChI is InChI=1S/C15H14OS2/c1-17-13-7-3-11(4-8-13)15(16)12-5-9-14(18-2)10-6-12/h3-10H,1-2H3. The van der Waals surface area contributed by atoms with Gasteiger partial charge in [-0.1, -0.05) is 0 Å². The lowest BCUT2D eigenvalue weighted by Crippen LogP contribution is -2.00. The largest absolute Gasteiger partial charge is 0.289 e. The first-order chi connectivity index (χ1) is 8.74. The van der Waals surface area contributed by atoms with Crippen LogP contribution in [-0.2, 0) is 0 Å². The summed E-state index contributed by atoms with van der Waals surface area (Å²) in [5.41, 5.74) is 1.48. The predicted octanol–water partition coefficient (Wildman–Crippen LogP) is 4.36. The number of hydrogen-bond donors (Lipinski definition) is 0. The van der Waals surface area contributed by atoms with Gasteiger partial charge in [0, 0.05) is 20.9 Å². The SMILES string of the molecule is CSc1ccc(C(=O)c2ccc(SC)cc2)cc1. The van der Waals surface area contributed by atoms with Crippen molar-refractivity contribution in [2.24, 2.45) is 0 Å². The van der Waals surface area contributed by atoms with Crippen molar-refractivity contribution in [2.75, 3.05) is 12.5 Å². The molecule has 0 unspecified atom stereocenters. The van der Waals surface area contributed by atoms with Crippen molar-refractivity contribution in [2.45, 2.75) is 9.79 Å². The average Bonchev–Trinajstić information content (AvgIpc) is 2.47. The zero-order chi connectivity index (χ0) is 13.0. The van der Waals surface area contributed by atoms with Gasteiger partial charge in [-0.2, -0.15) is 0 Å². The summed E-state index contributed by atoms with van der Waals surface area (Å²) < 4.78 is 0. The Morgan fingerprint density at radius 1 is 0.722 bits per heavy atom. The molecule has 18 heavy (non-hydrogen) atoms. The van der Waals surface area contributed by atoms with Crippen molar-refractivity contribution in [1.82, 2.24) is 0 Å². The maximum atomic E-state index is 12.2. The second kappa shape index (κ2) is 6.12. The Balaban J connectivity index is 2.23. The average molecular weight is 274 g/mol. The summed E-state index contributed by atoms with van der Waals surface area (Å²) in [6.07, 6.45) is 4.05. The third-order valence-electron chi connectivity index (χ3n) is 2.70. The van der Waals surface area contributed by atoms with Gasteiger partial charge in [-0.25, -0.2) is 0 Å². The number of rotatable bonds is 4. The van der Waals surface area contributed by atoms with Crippen LogP contribution in [0.1, 0.15) is 15.9 Å². The molecule has 2 aromatic rings. The normalized spacial score (nSPS) is 10.3. The number of carbonyl (C=O) groups is 1. The first kappa shape index (κ1) is 13.2. The Hall–Kier alpha value is -1.19. The molecule has 0 bridgehead atoms. The Morgan fingerprint density at radius 2 is 1.06 bits per heavy atom. The van der Waals surface area contributed by atoms with Gasteiger partial charge in [-0.15, -0.1) is 23.5 Å². The molecule has 2 rings (SSSR count). The van der Waals surface area contributed by atoms with Gasteiger partial charge < -0.3 is 0 Å². The van der Waals surface area contributed by atoms with E-state index in [0.29, 0.717) is 0 Å². The Bertz CT molecular complexity index is 480. The minimum absolute atomic E-state index is 0.0790. The number of benzene rings is 2.